The fourth-order valence-electron chi connectivity index (χ4n) is 3.35. The summed E-state index contributed by atoms with van der Waals surface area (Å²) in [5.74, 6) is -0.615. The minimum atomic E-state index is -3.84. The van der Waals surface area contributed by atoms with Crippen molar-refractivity contribution in [2.45, 2.75) is 30.7 Å². The topological polar surface area (TPSA) is 66.5 Å². The van der Waals surface area contributed by atoms with Crippen molar-refractivity contribution in [2.24, 2.45) is 5.92 Å². The van der Waals surface area contributed by atoms with E-state index in [1.807, 2.05) is 19.1 Å². The SMILES string of the molecule is C[C@@H](NC(=O)[C@H]1CCCN(S(=O)(=O)c2cc(Cl)ccc2Cl)C1)c1ccc(Cl)cc1. The average Bonchev–Trinajstić information content (AvgIpc) is 2.70. The number of carbonyl (C=O) groups excluding carboxylic acids is 1. The first-order chi connectivity index (χ1) is 13.7. The molecule has 1 aliphatic heterocycles. The van der Waals surface area contributed by atoms with Crippen LogP contribution in [-0.2, 0) is 14.8 Å². The minimum absolute atomic E-state index is 0.0396. The van der Waals surface area contributed by atoms with Crippen molar-refractivity contribution in [3.8, 4) is 0 Å². The molecule has 1 amide bonds. The molecule has 1 heterocycles. The van der Waals surface area contributed by atoms with E-state index in [9.17, 15) is 13.2 Å². The van der Waals surface area contributed by atoms with Crippen molar-refractivity contribution in [2.75, 3.05) is 13.1 Å². The van der Waals surface area contributed by atoms with E-state index < -0.39 is 15.9 Å². The van der Waals surface area contributed by atoms with Crippen LogP contribution in [0.2, 0.25) is 15.1 Å². The smallest absolute Gasteiger partial charge is 0.244 e. The van der Waals surface area contributed by atoms with Crippen molar-refractivity contribution < 1.29 is 13.2 Å². The summed E-state index contributed by atoms with van der Waals surface area (Å²) in [6, 6.07) is 11.4. The van der Waals surface area contributed by atoms with E-state index in [1.165, 1.54) is 22.5 Å². The van der Waals surface area contributed by atoms with Gasteiger partial charge in [0.2, 0.25) is 15.9 Å². The molecule has 0 spiro atoms. The van der Waals surface area contributed by atoms with Gasteiger partial charge in [-0.3, -0.25) is 4.79 Å². The molecule has 1 fully saturated rings. The fourth-order valence-corrected chi connectivity index (χ4v) is 5.74. The number of piperidine rings is 1. The first-order valence-electron chi connectivity index (χ1n) is 9.19. The van der Waals surface area contributed by atoms with Gasteiger partial charge in [-0.05, 0) is 55.7 Å². The van der Waals surface area contributed by atoms with Gasteiger partial charge in [-0.25, -0.2) is 8.42 Å². The van der Waals surface area contributed by atoms with Crippen molar-refractivity contribution in [3.05, 3.63) is 63.1 Å². The van der Waals surface area contributed by atoms with Crippen LogP contribution in [-0.4, -0.2) is 31.7 Å². The molecule has 0 unspecified atom stereocenters. The number of rotatable bonds is 5. The highest BCUT2D eigenvalue weighted by Crippen LogP contribution is 2.30. The third-order valence-electron chi connectivity index (χ3n) is 4.99. The van der Waals surface area contributed by atoms with Crippen LogP contribution in [0.4, 0.5) is 0 Å². The second kappa shape index (κ2) is 9.23. The molecule has 1 N–H and O–H groups in total. The molecule has 1 aliphatic rings. The van der Waals surface area contributed by atoms with Gasteiger partial charge >= 0.3 is 0 Å². The van der Waals surface area contributed by atoms with Gasteiger partial charge in [0.05, 0.1) is 17.0 Å². The molecule has 2 atom stereocenters. The summed E-state index contributed by atoms with van der Waals surface area (Å²) in [4.78, 5) is 12.7. The minimum Gasteiger partial charge on any atom is -0.349 e. The molecule has 9 heteroatoms. The summed E-state index contributed by atoms with van der Waals surface area (Å²) in [7, 11) is -3.84. The Balaban J connectivity index is 1.72. The highest BCUT2D eigenvalue weighted by molar-refractivity contribution is 7.89. The second-order valence-electron chi connectivity index (χ2n) is 7.06. The van der Waals surface area contributed by atoms with E-state index in [4.69, 9.17) is 34.8 Å². The van der Waals surface area contributed by atoms with Crippen LogP contribution < -0.4 is 5.32 Å². The third-order valence-corrected chi connectivity index (χ3v) is 7.83. The van der Waals surface area contributed by atoms with E-state index in [2.05, 4.69) is 5.32 Å². The van der Waals surface area contributed by atoms with Gasteiger partial charge in [-0.2, -0.15) is 4.31 Å². The van der Waals surface area contributed by atoms with E-state index in [0.29, 0.717) is 24.4 Å². The number of nitrogens with zero attached hydrogens (tertiary/aromatic N) is 1. The van der Waals surface area contributed by atoms with Crippen molar-refractivity contribution in [3.63, 3.8) is 0 Å². The van der Waals surface area contributed by atoms with Crippen molar-refractivity contribution in [1.29, 1.82) is 0 Å². The lowest BCUT2D eigenvalue weighted by Crippen LogP contribution is -2.45. The molecular formula is C20H21Cl3N2O3S. The van der Waals surface area contributed by atoms with Gasteiger partial charge < -0.3 is 5.32 Å². The molecule has 0 saturated carbocycles. The van der Waals surface area contributed by atoms with Gasteiger partial charge in [0.15, 0.2) is 0 Å². The average molecular weight is 476 g/mol. The highest BCUT2D eigenvalue weighted by atomic mass is 35.5. The van der Waals surface area contributed by atoms with Gasteiger partial charge in [0, 0.05) is 23.1 Å². The lowest BCUT2D eigenvalue weighted by Gasteiger charge is -2.32. The van der Waals surface area contributed by atoms with Crippen LogP contribution >= 0.6 is 34.8 Å². The predicted octanol–water partition coefficient (Wildman–Crippen LogP) is 4.92. The second-order valence-corrected chi connectivity index (χ2v) is 10.2. The Kier molecular flexibility index (Phi) is 7.12. The van der Waals surface area contributed by atoms with E-state index in [0.717, 1.165) is 5.56 Å². The Morgan fingerprint density at radius 3 is 2.45 bits per heavy atom. The number of sulfonamides is 1. The normalized spacial score (nSPS) is 19.0. The number of nitrogens with one attached hydrogen (secondary N) is 1. The van der Waals surface area contributed by atoms with Gasteiger partial charge in [0.1, 0.15) is 4.90 Å². The number of halogens is 3. The maximum absolute atomic E-state index is 13.0. The molecule has 2 aromatic carbocycles. The molecule has 0 radical (unpaired) electrons. The van der Waals surface area contributed by atoms with Gasteiger partial charge in [0.25, 0.3) is 0 Å². The first-order valence-corrected chi connectivity index (χ1v) is 11.8. The number of amides is 1. The Morgan fingerprint density at radius 1 is 1.10 bits per heavy atom. The molecule has 1 saturated heterocycles. The predicted molar refractivity (Wildman–Crippen MR) is 116 cm³/mol. The summed E-state index contributed by atoms with van der Waals surface area (Å²) in [6.07, 6.45) is 1.21. The largest absolute Gasteiger partial charge is 0.349 e. The van der Waals surface area contributed by atoms with Crippen LogP contribution in [0, 0.1) is 5.92 Å². The molecule has 5 nitrogen and oxygen atoms in total. The molecule has 2 aromatic rings. The third kappa shape index (κ3) is 5.25. The van der Waals surface area contributed by atoms with Crippen molar-refractivity contribution in [1.82, 2.24) is 9.62 Å². The van der Waals surface area contributed by atoms with Crippen LogP contribution in [0.3, 0.4) is 0 Å². The van der Waals surface area contributed by atoms with Crippen LogP contribution in [0.25, 0.3) is 0 Å². The zero-order valence-electron chi connectivity index (χ0n) is 15.7. The highest BCUT2D eigenvalue weighted by Gasteiger charge is 2.34. The van der Waals surface area contributed by atoms with Crippen LogP contribution in [0.15, 0.2) is 47.4 Å². The lowest BCUT2D eigenvalue weighted by molar-refractivity contribution is -0.126. The number of hydrogen-bond acceptors (Lipinski definition) is 3. The fraction of sp³-hybridized carbons (Fsp3) is 0.350. The zero-order chi connectivity index (χ0) is 21.2. The maximum atomic E-state index is 13.0. The molecule has 0 bridgehead atoms. The number of benzene rings is 2. The van der Waals surface area contributed by atoms with E-state index in [-0.39, 0.29) is 33.4 Å². The summed E-state index contributed by atoms with van der Waals surface area (Å²) in [5.41, 5.74) is 0.925. The lowest BCUT2D eigenvalue weighted by atomic mass is 9.98. The molecular weight excluding hydrogens is 455 g/mol. The Labute approximate surface area is 186 Å². The summed E-state index contributed by atoms with van der Waals surface area (Å²) in [5, 5.41) is 3.99. The molecule has 156 valence electrons. The summed E-state index contributed by atoms with van der Waals surface area (Å²) >= 11 is 18.0. The van der Waals surface area contributed by atoms with Crippen LogP contribution in [0.5, 0.6) is 0 Å². The molecule has 0 aliphatic carbocycles. The Morgan fingerprint density at radius 2 is 1.76 bits per heavy atom. The summed E-state index contributed by atoms with van der Waals surface area (Å²) in [6.45, 7) is 2.32. The Bertz CT molecular complexity index is 997. The maximum Gasteiger partial charge on any atom is 0.244 e. The number of hydrogen-bond donors (Lipinski definition) is 1. The van der Waals surface area contributed by atoms with Crippen LogP contribution in [0.1, 0.15) is 31.4 Å². The quantitative estimate of drug-likeness (QED) is 0.667. The zero-order valence-corrected chi connectivity index (χ0v) is 18.8. The van der Waals surface area contributed by atoms with Gasteiger partial charge in [-0.15, -0.1) is 0 Å². The number of carbonyl (C=O) groups is 1. The molecule has 29 heavy (non-hydrogen) atoms. The Hall–Kier alpha value is -1.31. The molecule has 3 rings (SSSR count). The first kappa shape index (κ1) is 22.4. The summed E-state index contributed by atoms with van der Waals surface area (Å²) < 4.78 is 27.4. The standard InChI is InChI=1S/C20H21Cl3N2O3S/c1-13(14-4-6-16(21)7-5-14)24-20(26)15-3-2-10-25(12-15)29(27,28)19-11-17(22)8-9-18(19)23/h4-9,11,13,15H,2-3,10,12H2,1H3,(H,24,26)/t13-,15+/m1/s1. The monoisotopic (exact) mass is 474 g/mol. The van der Waals surface area contributed by atoms with Gasteiger partial charge in [-0.1, -0.05) is 46.9 Å². The molecule has 0 aromatic heterocycles. The van der Waals surface area contributed by atoms with E-state index >= 15 is 0 Å². The van der Waals surface area contributed by atoms with Crippen molar-refractivity contribution >= 4 is 50.7 Å². The van der Waals surface area contributed by atoms with E-state index in [1.54, 1.807) is 12.1 Å².